The second-order valence-corrected chi connectivity index (χ2v) is 5.52. The molecule has 6 nitrogen and oxygen atoms in total. The molecule has 0 spiro atoms. The fraction of sp³-hybridized carbons (Fsp3) is 0.182. The molecule has 1 aromatic carbocycles. The number of nitrogens with two attached hydrogens (primary N) is 1. The molecule has 0 saturated heterocycles. The fourth-order valence-corrected chi connectivity index (χ4v) is 2.08. The van der Waals surface area contributed by atoms with Crippen LogP contribution in [0.3, 0.4) is 0 Å². The highest BCUT2D eigenvalue weighted by Gasteiger charge is 2.09. The number of hydrogen-bond acceptors (Lipinski definition) is 4. The first-order chi connectivity index (χ1) is 8.47. The third-order valence-corrected chi connectivity index (χ3v) is 3.48. The van der Waals surface area contributed by atoms with Crippen molar-refractivity contribution in [2.24, 2.45) is 5.14 Å². The first-order valence-electron chi connectivity index (χ1n) is 5.32. The minimum atomic E-state index is -3.67. The summed E-state index contributed by atoms with van der Waals surface area (Å²) in [6, 6.07) is 6.58. The molecule has 1 heterocycles. The maximum absolute atomic E-state index is 11.3. The summed E-state index contributed by atoms with van der Waals surface area (Å²) in [6.07, 6.45) is 1.66. The number of anilines is 1. The van der Waals surface area contributed by atoms with Gasteiger partial charge in [-0.15, -0.1) is 0 Å². The Morgan fingerprint density at radius 3 is 2.78 bits per heavy atom. The Labute approximate surface area is 105 Å². The number of rotatable bonds is 4. The van der Waals surface area contributed by atoms with Gasteiger partial charge in [0.15, 0.2) is 0 Å². The first kappa shape index (κ1) is 12.6. The summed E-state index contributed by atoms with van der Waals surface area (Å²) in [5.41, 5.74) is 2.59. The molecule has 0 aliphatic carbocycles. The Hall–Kier alpha value is -1.86. The van der Waals surface area contributed by atoms with Gasteiger partial charge in [-0.3, -0.25) is 5.10 Å². The van der Waals surface area contributed by atoms with Gasteiger partial charge in [-0.2, -0.15) is 5.10 Å². The zero-order valence-corrected chi connectivity index (χ0v) is 10.7. The summed E-state index contributed by atoms with van der Waals surface area (Å²) in [4.78, 5) is 0.0974. The molecule has 0 fully saturated rings. The number of sulfonamides is 1. The van der Waals surface area contributed by atoms with Gasteiger partial charge in [0.25, 0.3) is 0 Å². The third-order valence-electron chi connectivity index (χ3n) is 2.57. The van der Waals surface area contributed by atoms with Crippen LogP contribution in [0.5, 0.6) is 0 Å². The van der Waals surface area contributed by atoms with E-state index >= 15 is 0 Å². The molecule has 0 amide bonds. The number of H-pyrrole nitrogens is 1. The summed E-state index contributed by atoms with van der Waals surface area (Å²) in [5, 5.41) is 14.9. The Bertz CT molecular complexity index is 635. The highest BCUT2D eigenvalue weighted by molar-refractivity contribution is 7.89. The van der Waals surface area contributed by atoms with Crippen molar-refractivity contribution in [2.75, 3.05) is 5.32 Å². The van der Waals surface area contributed by atoms with Crippen molar-refractivity contribution in [3.8, 4) is 0 Å². The zero-order valence-electron chi connectivity index (χ0n) is 9.84. The quantitative estimate of drug-likeness (QED) is 0.767. The third kappa shape index (κ3) is 2.88. The average molecular weight is 266 g/mol. The predicted octanol–water partition coefficient (Wildman–Crippen LogP) is 0.978. The van der Waals surface area contributed by atoms with Gasteiger partial charge in [0.1, 0.15) is 0 Å². The number of aromatic nitrogens is 2. The van der Waals surface area contributed by atoms with Gasteiger partial charge in [-0.05, 0) is 30.7 Å². The van der Waals surface area contributed by atoms with E-state index in [4.69, 9.17) is 5.14 Å². The van der Waals surface area contributed by atoms with Gasteiger partial charge in [-0.25, -0.2) is 13.6 Å². The van der Waals surface area contributed by atoms with Crippen LogP contribution in [0, 0.1) is 6.92 Å². The summed E-state index contributed by atoms with van der Waals surface area (Å²) in [6.45, 7) is 2.43. The topological polar surface area (TPSA) is 101 Å². The molecule has 0 bridgehead atoms. The van der Waals surface area contributed by atoms with E-state index < -0.39 is 10.0 Å². The maximum atomic E-state index is 11.3. The second kappa shape index (κ2) is 4.79. The lowest BCUT2D eigenvalue weighted by atomic mass is 10.2. The number of nitrogens with one attached hydrogen (secondary N) is 2. The smallest absolute Gasteiger partial charge is 0.238 e. The largest absolute Gasteiger partial charge is 0.379 e. The summed E-state index contributed by atoms with van der Waals surface area (Å²) in [7, 11) is -3.67. The minimum Gasteiger partial charge on any atom is -0.379 e. The lowest BCUT2D eigenvalue weighted by molar-refractivity contribution is 0.598. The van der Waals surface area contributed by atoms with E-state index in [2.05, 4.69) is 15.5 Å². The van der Waals surface area contributed by atoms with Crippen molar-refractivity contribution in [2.45, 2.75) is 18.4 Å². The number of benzene rings is 1. The van der Waals surface area contributed by atoms with Crippen molar-refractivity contribution in [3.05, 3.63) is 41.7 Å². The Morgan fingerprint density at radius 1 is 1.39 bits per heavy atom. The normalized spacial score (nSPS) is 11.4. The molecule has 0 unspecified atom stereocenters. The lowest BCUT2D eigenvalue weighted by Crippen LogP contribution is -2.13. The van der Waals surface area contributed by atoms with E-state index in [0.29, 0.717) is 6.54 Å². The molecule has 18 heavy (non-hydrogen) atoms. The monoisotopic (exact) mass is 266 g/mol. The van der Waals surface area contributed by atoms with Gasteiger partial charge < -0.3 is 5.32 Å². The fourth-order valence-electron chi connectivity index (χ4n) is 1.54. The van der Waals surface area contributed by atoms with Crippen LogP contribution in [-0.4, -0.2) is 18.6 Å². The van der Waals surface area contributed by atoms with Crippen molar-refractivity contribution in [3.63, 3.8) is 0 Å². The van der Waals surface area contributed by atoms with Gasteiger partial charge in [0, 0.05) is 11.9 Å². The molecular formula is C11H14N4O2S. The number of nitrogens with zero attached hydrogens (tertiary/aromatic N) is 1. The van der Waals surface area contributed by atoms with Crippen molar-refractivity contribution < 1.29 is 8.42 Å². The van der Waals surface area contributed by atoms with Crippen LogP contribution in [-0.2, 0) is 16.6 Å². The number of primary sulfonamides is 1. The van der Waals surface area contributed by atoms with Crippen LogP contribution in [0.1, 0.15) is 11.3 Å². The molecule has 0 radical (unpaired) electrons. The highest BCUT2D eigenvalue weighted by Crippen LogP contribution is 2.19. The summed E-state index contributed by atoms with van der Waals surface area (Å²) >= 11 is 0. The van der Waals surface area contributed by atoms with E-state index in [1.54, 1.807) is 12.3 Å². The van der Waals surface area contributed by atoms with Gasteiger partial charge in [0.2, 0.25) is 10.0 Å². The Morgan fingerprint density at radius 2 is 2.17 bits per heavy atom. The second-order valence-electron chi connectivity index (χ2n) is 3.96. The minimum absolute atomic E-state index is 0.0974. The van der Waals surface area contributed by atoms with E-state index in [1.807, 2.05) is 13.0 Å². The van der Waals surface area contributed by atoms with Crippen molar-refractivity contribution in [1.82, 2.24) is 10.2 Å². The van der Waals surface area contributed by atoms with Crippen LogP contribution in [0.4, 0.5) is 5.69 Å². The Balaban J connectivity index is 2.22. The maximum Gasteiger partial charge on any atom is 0.238 e. The molecule has 96 valence electrons. The standard InChI is InChI=1S/C11H14N4O2S/c1-8-2-3-10(18(12,16)17)6-11(8)13-7-9-4-5-14-15-9/h2-6,13H,7H2,1H3,(H,14,15)(H2,12,16,17). The van der Waals surface area contributed by atoms with E-state index in [1.165, 1.54) is 12.1 Å². The van der Waals surface area contributed by atoms with Crippen LogP contribution < -0.4 is 10.5 Å². The molecule has 4 N–H and O–H groups in total. The lowest BCUT2D eigenvalue weighted by Gasteiger charge is -2.10. The van der Waals surface area contributed by atoms with E-state index in [9.17, 15) is 8.42 Å². The molecule has 2 aromatic rings. The van der Waals surface area contributed by atoms with Crippen LogP contribution in [0.15, 0.2) is 35.4 Å². The van der Waals surface area contributed by atoms with Crippen molar-refractivity contribution in [1.29, 1.82) is 0 Å². The molecular weight excluding hydrogens is 252 g/mol. The Kier molecular flexibility index (Phi) is 3.35. The highest BCUT2D eigenvalue weighted by atomic mass is 32.2. The summed E-state index contributed by atoms with van der Waals surface area (Å²) < 4.78 is 22.5. The van der Waals surface area contributed by atoms with Crippen LogP contribution in [0.25, 0.3) is 0 Å². The first-order valence-corrected chi connectivity index (χ1v) is 6.87. The van der Waals surface area contributed by atoms with Crippen LogP contribution >= 0.6 is 0 Å². The molecule has 0 atom stereocenters. The van der Waals surface area contributed by atoms with Gasteiger partial charge in [0.05, 0.1) is 17.1 Å². The zero-order chi connectivity index (χ0) is 13.2. The molecule has 2 rings (SSSR count). The molecule has 7 heteroatoms. The number of aryl methyl sites for hydroxylation is 1. The van der Waals surface area contributed by atoms with Crippen molar-refractivity contribution >= 4 is 15.7 Å². The van der Waals surface area contributed by atoms with Gasteiger partial charge >= 0.3 is 0 Å². The molecule has 0 aliphatic heterocycles. The average Bonchev–Trinajstić information content (AvgIpc) is 2.79. The SMILES string of the molecule is Cc1ccc(S(N)(=O)=O)cc1NCc1ccn[nH]1. The summed E-state index contributed by atoms with van der Waals surface area (Å²) in [5.74, 6) is 0. The number of aromatic amines is 1. The molecule has 1 aromatic heterocycles. The molecule has 0 aliphatic rings. The molecule has 0 saturated carbocycles. The van der Waals surface area contributed by atoms with E-state index in [0.717, 1.165) is 16.9 Å². The van der Waals surface area contributed by atoms with E-state index in [-0.39, 0.29) is 4.90 Å². The van der Waals surface area contributed by atoms with Gasteiger partial charge in [-0.1, -0.05) is 6.07 Å². The van der Waals surface area contributed by atoms with Crippen LogP contribution in [0.2, 0.25) is 0 Å². The number of hydrogen-bond donors (Lipinski definition) is 3. The predicted molar refractivity (Wildman–Crippen MR) is 68.5 cm³/mol.